The van der Waals surface area contributed by atoms with Crippen molar-refractivity contribution in [3.63, 3.8) is 0 Å². The molecule has 1 aliphatic heterocycles. The highest BCUT2D eigenvalue weighted by Crippen LogP contribution is 2.30. The zero-order valence-corrected chi connectivity index (χ0v) is 12.6. The number of ether oxygens (including phenoxy) is 1. The zero-order chi connectivity index (χ0) is 15.3. The lowest BCUT2D eigenvalue weighted by atomic mass is 9.92. The number of nitro benzene ring substituents is 1. The van der Waals surface area contributed by atoms with E-state index in [4.69, 9.17) is 4.74 Å². The molecule has 1 aliphatic rings. The predicted octanol–water partition coefficient (Wildman–Crippen LogP) is 3.40. The molecule has 2 rings (SSSR count). The molecule has 1 aromatic carbocycles. The summed E-state index contributed by atoms with van der Waals surface area (Å²) in [5, 5.41) is 17.7. The average Bonchev–Trinajstić information content (AvgIpc) is 2.45. The summed E-state index contributed by atoms with van der Waals surface area (Å²) in [6.07, 6.45) is 2.77. The van der Waals surface area contributed by atoms with Crippen molar-refractivity contribution in [1.82, 2.24) is 0 Å². The summed E-state index contributed by atoms with van der Waals surface area (Å²) in [6.45, 7) is 6.44. The molecule has 0 unspecified atom stereocenters. The van der Waals surface area contributed by atoms with Crippen LogP contribution in [-0.4, -0.2) is 30.2 Å². The Kier molecular flexibility index (Phi) is 5.01. The molecule has 6 nitrogen and oxygen atoms in total. The fourth-order valence-electron chi connectivity index (χ4n) is 2.46. The number of nitro groups is 1. The van der Waals surface area contributed by atoms with E-state index in [1.54, 1.807) is 12.1 Å². The van der Waals surface area contributed by atoms with Crippen molar-refractivity contribution in [2.45, 2.75) is 38.6 Å². The van der Waals surface area contributed by atoms with Crippen molar-refractivity contribution in [3.8, 4) is 0 Å². The Hall–Kier alpha value is -1.82. The van der Waals surface area contributed by atoms with Gasteiger partial charge in [0.15, 0.2) is 0 Å². The number of anilines is 2. The van der Waals surface area contributed by atoms with E-state index in [2.05, 4.69) is 24.5 Å². The molecule has 0 radical (unpaired) electrons. The highest BCUT2D eigenvalue weighted by atomic mass is 16.6. The Morgan fingerprint density at radius 2 is 1.95 bits per heavy atom. The topological polar surface area (TPSA) is 76.4 Å². The Morgan fingerprint density at radius 3 is 2.57 bits per heavy atom. The summed E-state index contributed by atoms with van der Waals surface area (Å²) in [6, 6.07) is 5.11. The second-order valence-corrected chi connectivity index (χ2v) is 5.75. The van der Waals surface area contributed by atoms with E-state index in [1.807, 2.05) is 6.07 Å². The van der Waals surface area contributed by atoms with Gasteiger partial charge in [-0.25, -0.2) is 0 Å². The summed E-state index contributed by atoms with van der Waals surface area (Å²) in [7, 11) is 0. The molecular formula is C15H23N3O3. The van der Waals surface area contributed by atoms with E-state index >= 15 is 0 Å². The van der Waals surface area contributed by atoms with Crippen molar-refractivity contribution in [3.05, 3.63) is 28.3 Å². The zero-order valence-electron chi connectivity index (χ0n) is 12.6. The van der Waals surface area contributed by atoms with Crippen LogP contribution >= 0.6 is 0 Å². The van der Waals surface area contributed by atoms with Crippen LogP contribution in [0, 0.1) is 10.1 Å². The SMILES string of the molecule is CCCNc1cc(NC2(C)CCOCC2)cc([N+](=O)[O-])c1. The van der Waals surface area contributed by atoms with Crippen LogP contribution in [0.2, 0.25) is 0 Å². The van der Waals surface area contributed by atoms with E-state index in [0.29, 0.717) is 0 Å². The molecule has 6 heteroatoms. The summed E-state index contributed by atoms with van der Waals surface area (Å²) in [5.74, 6) is 0. The van der Waals surface area contributed by atoms with Crippen LogP contribution in [0.5, 0.6) is 0 Å². The van der Waals surface area contributed by atoms with Crippen LogP contribution in [-0.2, 0) is 4.74 Å². The van der Waals surface area contributed by atoms with Crippen LogP contribution in [0.1, 0.15) is 33.1 Å². The van der Waals surface area contributed by atoms with E-state index in [-0.39, 0.29) is 16.1 Å². The quantitative estimate of drug-likeness (QED) is 0.621. The summed E-state index contributed by atoms with van der Waals surface area (Å²) < 4.78 is 5.38. The van der Waals surface area contributed by atoms with Gasteiger partial charge in [0.05, 0.1) is 4.92 Å². The fraction of sp³-hybridized carbons (Fsp3) is 0.600. The highest BCUT2D eigenvalue weighted by Gasteiger charge is 2.27. The number of non-ortho nitro benzene ring substituents is 1. The second-order valence-electron chi connectivity index (χ2n) is 5.75. The third-order valence-electron chi connectivity index (χ3n) is 3.75. The van der Waals surface area contributed by atoms with Gasteiger partial charge in [-0.05, 0) is 32.3 Å². The number of rotatable bonds is 6. The molecule has 0 saturated carbocycles. The fourth-order valence-corrected chi connectivity index (χ4v) is 2.46. The summed E-state index contributed by atoms with van der Waals surface area (Å²) >= 11 is 0. The van der Waals surface area contributed by atoms with Crippen molar-refractivity contribution in [1.29, 1.82) is 0 Å². The van der Waals surface area contributed by atoms with Gasteiger partial charge in [0.25, 0.3) is 5.69 Å². The first-order chi connectivity index (χ1) is 10.0. The van der Waals surface area contributed by atoms with E-state index in [1.165, 1.54) is 0 Å². The van der Waals surface area contributed by atoms with Gasteiger partial charge < -0.3 is 15.4 Å². The molecule has 0 bridgehead atoms. The van der Waals surface area contributed by atoms with Crippen molar-refractivity contribution < 1.29 is 9.66 Å². The maximum atomic E-state index is 11.1. The first kappa shape index (κ1) is 15.6. The van der Waals surface area contributed by atoms with Crippen molar-refractivity contribution in [2.24, 2.45) is 0 Å². The Morgan fingerprint density at radius 1 is 1.29 bits per heavy atom. The molecular weight excluding hydrogens is 270 g/mol. The number of nitrogens with zero attached hydrogens (tertiary/aromatic N) is 1. The lowest BCUT2D eigenvalue weighted by Gasteiger charge is -2.35. The predicted molar refractivity (Wildman–Crippen MR) is 84.0 cm³/mol. The van der Waals surface area contributed by atoms with E-state index in [9.17, 15) is 10.1 Å². The van der Waals surface area contributed by atoms with E-state index in [0.717, 1.165) is 50.4 Å². The normalized spacial score (nSPS) is 17.2. The maximum absolute atomic E-state index is 11.1. The number of nitrogens with one attached hydrogen (secondary N) is 2. The Labute approximate surface area is 125 Å². The van der Waals surface area contributed by atoms with Crippen molar-refractivity contribution in [2.75, 3.05) is 30.4 Å². The van der Waals surface area contributed by atoms with Gasteiger partial charge in [0.2, 0.25) is 0 Å². The van der Waals surface area contributed by atoms with Crippen LogP contribution in [0.25, 0.3) is 0 Å². The van der Waals surface area contributed by atoms with Gasteiger partial charge in [-0.15, -0.1) is 0 Å². The molecule has 2 N–H and O–H groups in total. The average molecular weight is 293 g/mol. The Bertz CT molecular complexity index is 499. The molecule has 0 atom stereocenters. The third-order valence-corrected chi connectivity index (χ3v) is 3.75. The first-order valence-electron chi connectivity index (χ1n) is 7.42. The lowest BCUT2D eigenvalue weighted by Crippen LogP contribution is -2.40. The molecule has 21 heavy (non-hydrogen) atoms. The van der Waals surface area contributed by atoms with Crippen LogP contribution in [0.4, 0.5) is 17.1 Å². The van der Waals surface area contributed by atoms with Gasteiger partial charge in [-0.3, -0.25) is 10.1 Å². The van der Waals surface area contributed by atoms with Crippen LogP contribution < -0.4 is 10.6 Å². The van der Waals surface area contributed by atoms with Crippen LogP contribution in [0.3, 0.4) is 0 Å². The largest absolute Gasteiger partial charge is 0.385 e. The molecule has 1 fully saturated rings. The molecule has 1 heterocycles. The highest BCUT2D eigenvalue weighted by molar-refractivity contribution is 5.64. The number of hydrogen-bond acceptors (Lipinski definition) is 5. The standard InChI is InChI=1S/C15H23N3O3/c1-3-6-16-12-9-13(11-14(10-12)18(19)20)17-15(2)4-7-21-8-5-15/h9-11,16-17H,3-8H2,1-2H3. The maximum Gasteiger partial charge on any atom is 0.273 e. The van der Waals surface area contributed by atoms with Gasteiger partial charge in [-0.1, -0.05) is 6.92 Å². The molecule has 116 valence electrons. The monoisotopic (exact) mass is 293 g/mol. The Balaban J connectivity index is 2.20. The third kappa shape index (κ3) is 4.32. The smallest absolute Gasteiger partial charge is 0.273 e. The molecule has 0 amide bonds. The molecule has 0 spiro atoms. The number of benzene rings is 1. The van der Waals surface area contributed by atoms with E-state index < -0.39 is 0 Å². The minimum Gasteiger partial charge on any atom is -0.385 e. The van der Waals surface area contributed by atoms with Gasteiger partial charge in [0, 0.05) is 48.8 Å². The second kappa shape index (κ2) is 6.76. The van der Waals surface area contributed by atoms with Crippen molar-refractivity contribution >= 4 is 17.1 Å². The van der Waals surface area contributed by atoms with Gasteiger partial charge in [-0.2, -0.15) is 0 Å². The first-order valence-corrected chi connectivity index (χ1v) is 7.42. The molecule has 1 aromatic rings. The summed E-state index contributed by atoms with van der Waals surface area (Å²) in [4.78, 5) is 10.7. The molecule has 0 aliphatic carbocycles. The number of hydrogen-bond donors (Lipinski definition) is 2. The van der Waals surface area contributed by atoms with Gasteiger partial charge >= 0.3 is 0 Å². The van der Waals surface area contributed by atoms with Crippen LogP contribution in [0.15, 0.2) is 18.2 Å². The summed E-state index contributed by atoms with van der Waals surface area (Å²) in [5.41, 5.74) is 1.60. The molecule has 1 saturated heterocycles. The van der Waals surface area contributed by atoms with Gasteiger partial charge in [0.1, 0.15) is 0 Å². The molecule has 0 aromatic heterocycles. The minimum atomic E-state index is -0.353. The lowest BCUT2D eigenvalue weighted by molar-refractivity contribution is -0.384. The minimum absolute atomic E-state index is 0.0739.